The van der Waals surface area contributed by atoms with Crippen LogP contribution >= 0.6 is 0 Å². The van der Waals surface area contributed by atoms with Crippen LogP contribution < -0.4 is 31.3 Å². The Morgan fingerprint density at radius 1 is 0.733 bits per heavy atom. The average Bonchev–Trinajstić information content (AvgIpc) is 3.27. The summed E-state index contributed by atoms with van der Waals surface area (Å²) in [5.74, 6) is 3.96. The number of fused-ring (bicyclic) bond motifs is 2. The predicted molar refractivity (Wildman–Crippen MR) is 242 cm³/mol. The molecule has 14 heteroatoms. The SMILES string of the molecule is CN1CCC(CNc2ccc(CNc3ccc4c(N)nccc4c3)cn2)CC1.CN1CCC(COc2ccc(CNc3ccc4c(N(C)C(=O)O)nccc4c3)cn2)CC1. The second-order valence-electron chi connectivity index (χ2n) is 16.0. The maximum Gasteiger partial charge on any atom is 0.412 e. The van der Waals surface area contributed by atoms with Gasteiger partial charge in [0, 0.05) is 79.7 Å². The van der Waals surface area contributed by atoms with Crippen molar-refractivity contribution < 1.29 is 14.6 Å². The molecule has 2 aliphatic heterocycles. The Kier molecular flexibility index (Phi) is 14.1. The fourth-order valence-corrected chi connectivity index (χ4v) is 7.53. The van der Waals surface area contributed by atoms with E-state index in [9.17, 15) is 9.90 Å². The highest BCUT2D eigenvalue weighted by Gasteiger charge is 2.18. The van der Waals surface area contributed by atoms with Gasteiger partial charge in [0.1, 0.15) is 17.5 Å². The van der Waals surface area contributed by atoms with Crippen molar-refractivity contribution in [1.29, 1.82) is 0 Å². The maximum atomic E-state index is 11.3. The normalized spacial score (nSPS) is 15.2. The number of carbonyl (C=O) groups is 1. The molecule has 0 radical (unpaired) electrons. The number of nitrogens with one attached hydrogen (secondary N) is 3. The zero-order valence-electron chi connectivity index (χ0n) is 34.8. The lowest BCUT2D eigenvalue weighted by atomic mass is 9.97. The van der Waals surface area contributed by atoms with Gasteiger partial charge in [-0.1, -0.05) is 12.1 Å². The first-order chi connectivity index (χ1) is 29.2. The Balaban J connectivity index is 0.000000183. The van der Waals surface area contributed by atoms with Gasteiger partial charge in [0.15, 0.2) is 0 Å². The predicted octanol–water partition coefficient (Wildman–Crippen LogP) is 7.65. The van der Waals surface area contributed by atoms with Crippen LogP contribution in [-0.2, 0) is 13.1 Å². The molecule has 6 N–H and O–H groups in total. The van der Waals surface area contributed by atoms with Crippen LogP contribution in [-0.4, -0.2) is 101 Å². The lowest BCUT2D eigenvalue weighted by molar-refractivity contribution is 0.157. The summed E-state index contributed by atoms with van der Waals surface area (Å²) in [6, 6.07) is 23.9. The molecule has 0 spiro atoms. The van der Waals surface area contributed by atoms with Gasteiger partial charge in [0.25, 0.3) is 0 Å². The number of likely N-dealkylation sites (tertiary alicyclic amines) is 2. The number of amides is 1. The summed E-state index contributed by atoms with van der Waals surface area (Å²) in [4.78, 5) is 34.5. The Bertz CT molecular complexity index is 2310. The fourth-order valence-electron chi connectivity index (χ4n) is 7.53. The van der Waals surface area contributed by atoms with Crippen molar-refractivity contribution in [2.75, 3.05) is 87.1 Å². The van der Waals surface area contributed by atoms with Crippen molar-refractivity contribution in [2.24, 2.45) is 11.8 Å². The molecular formula is C46H57N11O3. The van der Waals surface area contributed by atoms with Crippen LogP contribution in [0.2, 0.25) is 0 Å². The second-order valence-corrected chi connectivity index (χ2v) is 16.0. The quantitative estimate of drug-likeness (QED) is 0.0772. The number of carboxylic acid groups (broad SMARTS) is 1. The summed E-state index contributed by atoms with van der Waals surface area (Å²) in [6.45, 7) is 7.75. The minimum absolute atomic E-state index is 0.418. The van der Waals surface area contributed by atoms with Gasteiger partial charge in [-0.2, -0.15) is 0 Å². The zero-order chi connectivity index (χ0) is 41.8. The molecule has 60 heavy (non-hydrogen) atoms. The van der Waals surface area contributed by atoms with Crippen molar-refractivity contribution in [3.05, 3.63) is 109 Å². The number of piperidine rings is 2. The summed E-state index contributed by atoms with van der Waals surface area (Å²) in [6.07, 6.45) is 11.0. The number of pyridine rings is 4. The van der Waals surface area contributed by atoms with E-state index in [0.29, 0.717) is 30.0 Å². The summed E-state index contributed by atoms with van der Waals surface area (Å²) in [5, 5.41) is 23.4. The molecule has 8 rings (SSSR count). The van der Waals surface area contributed by atoms with Crippen molar-refractivity contribution >= 4 is 56.5 Å². The number of anilines is 5. The largest absolute Gasteiger partial charge is 0.477 e. The van der Waals surface area contributed by atoms with E-state index in [1.807, 2.05) is 67.0 Å². The molecular weight excluding hydrogens is 755 g/mol. The first kappa shape index (κ1) is 41.9. The number of rotatable bonds is 13. The molecule has 6 aromatic rings. The van der Waals surface area contributed by atoms with E-state index in [1.165, 1.54) is 45.8 Å². The van der Waals surface area contributed by atoms with Gasteiger partial charge in [-0.25, -0.2) is 24.7 Å². The Labute approximate surface area is 352 Å². The standard InChI is InChI=1S/C24H29N5O3.C22H28N6/c1-28-11-8-17(9-12-28)16-32-22-6-3-18(15-27-22)14-26-20-4-5-21-19(13-20)7-10-25-23(21)29(2)24(30)31;1-28-10-7-16(8-11-28)13-26-21-5-2-17(15-27-21)14-25-19-3-4-20-18(12-19)6-9-24-22(20)23/h3-7,10,13,15,17,26H,8-9,11-12,14,16H2,1-2H3,(H,30,31);2-6,9,12,15-16,25H,7-8,10-11,13-14H2,1H3,(H2,23,24)(H,26,27). The van der Waals surface area contributed by atoms with Gasteiger partial charge >= 0.3 is 6.09 Å². The van der Waals surface area contributed by atoms with Gasteiger partial charge < -0.3 is 41.3 Å². The number of ether oxygens (including phenoxy) is 1. The summed E-state index contributed by atoms with van der Waals surface area (Å²) in [5.41, 5.74) is 10.1. The molecule has 2 aliphatic rings. The molecule has 2 saturated heterocycles. The number of nitrogens with zero attached hydrogens (tertiary/aromatic N) is 7. The molecule has 1 amide bonds. The van der Waals surface area contributed by atoms with Crippen LogP contribution in [0.5, 0.6) is 5.88 Å². The Hall–Kier alpha value is -6.25. The molecule has 2 fully saturated rings. The topological polar surface area (TPSA) is 170 Å². The van der Waals surface area contributed by atoms with Gasteiger partial charge in [0.05, 0.1) is 6.61 Å². The molecule has 0 aliphatic carbocycles. The second kappa shape index (κ2) is 20.1. The molecule has 0 atom stereocenters. The summed E-state index contributed by atoms with van der Waals surface area (Å²) in [7, 11) is 5.85. The molecule has 314 valence electrons. The Morgan fingerprint density at radius 3 is 1.92 bits per heavy atom. The average molecular weight is 812 g/mol. The van der Waals surface area contributed by atoms with E-state index in [-0.39, 0.29) is 0 Å². The van der Waals surface area contributed by atoms with Crippen molar-refractivity contribution in [2.45, 2.75) is 38.8 Å². The Morgan fingerprint density at radius 2 is 1.32 bits per heavy atom. The number of nitrogen functional groups attached to an aromatic ring is 1. The number of nitrogens with two attached hydrogens (primary N) is 1. The van der Waals surface area contributed by atoms with Crippen LogP contribution in [0.25, 0.3) is 21.5 Å². The minimum atomic E-state index is -1.04. The summed E-state index contributed by atoms with van der Waals surface area (Å²) < 4.78 is 5.89. The van der Waals surface area contributed by atoms with Gasteiger partial charge in [-0.15, -0.1) is 0 Å². The van der Waals surface area contributed by atoms with E-state index in [1.54, 1.807) is 12.4 Å². The smallest absolute Gasteiger partial charge is 0.412 e. The van der Waals surface area contributed by atoms with Crippen LogP contribution in [0, 0.1) is 11.8 Å². The maximum absolute atomic E-state index is 11.3. The highest BCUT2D eigenvalue weighted by molar-refractivity contribution is 6.00. The zero-order valence-corrected chi connectivity index (χ0v) is 34.8. The minimum Gasteiger partial charge on any atom is -0.477 e. The lowest BCUT2D eigenvalue weighted by Gasteiger charge is -2.29. The molecule has 0 saturated carbocycles. The highest BCUT2D eigenvalue weighted by Crippen LogP contribution is 2.27. The number of aromatic nitrogens is 4. The van der Waals surface area contributed by atoms with Crippen molar-refractivity contribution in [3.8, 4) is 5.88 Å². The molecule has 4 aromatic heterocycles. The van der Waals surface area contributed by atoms with Crippen LogP contribution in [0.15, 0.2) is 97.6 Å². The first-order valence-electron chi connectivity index (χ1n) is 20.8. The van der Waals surface area contributed by atoms with Crippen LogP contribution in [0.3, 0.4) is 0 Å². The lowest BCUT2D eigenvalue weighted by Crippen LogP contribution is -2.33. The third-order valence-electron chi connectivity index (χ3n) is 11.5. The summed E-state index contributed by atoms with van der Waals surface area (Å²) >= 11 is 0. The van der Waals surface area contributed by atoms with E-state index in [2.05, 4.69) is 78.0 Å². The number of benzene rings is 2. The molecule has 14 nitrogen and oxygen atoms in total. The first-order valence-corrected chi connectivity index (χ1v) is 20.8. The van der Waals surface area contributed by atoms with E-state index >= 15 is 0 Å². The van der Waals surface area contributed by atoms with Gasteiger partial charge in [-0.3, -0.25) is 4.90 Å². The highest BCUT2D eigenvalue weighted by atomic mass is 16.5. The van der Waals surface area contributed by atoms with E-state index < -0.39 is 6.09 Å². The van der Waals surface area contributed by atoms with E-state index in [4.69, 9.17) is 10.5 Å². The third-order valence-corrected chi connectivity index (χ3v) is 11.5. The van der Waals surface area contributed by atoms with Crippen molar-refractivity contribution in [3.63, 3.8) is 0 Å². The third kappa shape index (κ3) is 11.5. The monoisotopic (exact) mass is 811 g/mol. The van der Waals surface area contributed by atoms with Crippen LogP contribution in [0.1, 0.15) is 36.8 Å². The van der Waals surface area contributed by atoms with Crippen LogP contribution in [0.4, 0.5) is 33.6 Å². The molecule has 0 bridgehead atoms. The molecule has 0 unspecified atom stereocenters. The number of hydrogen-bond acceptors (Lipinski definition) is 12. The molecule has 6 heterocycles. The van der Waals surface area contributed by atoms with Gasteiger partial charge in [0.2, 0.25) is 5.88 Å². The van der Waals surface area contributed by atoms with Crippen molar-refractivity contribution in [1.82, 2.24) is 29.7 Å². The van der Waals surface area contributed by atoms with E-state index in [0.717, 1.165) is 93.5 Å². The molecule has 2 aromatic carbocycles. The van der Waals surface area contributed by atoms with Gasteiger partial charge in [-0.05, 0) is 154 Å². The number of hydrogen-bond donors (Lipinski definition) is 5. The fraction of sp³-hybridized carbons (Fsp3) is 0.370.